The van der Waals surface area contributed by atoms with E-state index in [2.05, 4.69) is 35.2 Å². The van der Waals surface area contributed by atoms with E-state index in [1.54, 1.807) is 0 Å². The molecule has 2 heterocycles. The minimum atomic E-state index is 0.278. The van der Waals surface area contributed by atoms with Gasteiger partial charge in [-0.3, -0.25) is 9.88 Å². The van der Waals surface area contributed by atoms with Gasteiger partial charge in [-0.25, -0.2) is 0 Å². The molecule has 0 radical (unpaired) electrons. The van der Waals surface area contributed by atoms with Gasteiger partial charge in [-0.1, -0.05) is 6.07 Å². The van der Waals surface area contributed by atoms with Gasteiger partial charge in [-0.2, -0.15) is 0 Å². The van der Waals surface area contributed by atoms with Crippen LogP contribution in [0.25, 0.3) is 0 Å². The first-order chi connectivity index (χ1) is 7.72. The van der Waals surface area contributed by atoms with Gasteiger partial charge in [0.15, 0.2) is 0 Å². The second kappa shape index (κ2) is 4.93. The highest BCUT2D eigenvalue weighted by molar-refractivity contribution is 5.08. The molecule has 0 aliphatic carbocycles. The summed E-state index contributed by atoms with van der Waals surface area (Å²) in [5.74, 6) is 0. The predicted octanol–water partition coefficient (Wildman–Crippen LogP) is 1.66. The van der Waals surface area contributed by atoms with E-state index in [1.165, 1.54) is 24.9 Å². The third-order valence-electron chi connectivity index (χ3n) is 3.51. The van der Waals surface area contributed by atoms with Crippen LogP contribution in [0, 0.1) is 0 Å². The number of aromatic nitrogens is 1. The maximum Gasteiger partial charge on any atom is 0.0312 e. The number of pyridine rings is 1. The Hall–Kier alpha value is -0.930. The molecule has 1 atom stereocenters. The van der Waals surface area contributed by atoms with Crippen LogP contribution in [-0.2, 0) is 6.54 Å². The lowest BCUT2D eigenvalue weighted by molar-refractivity contribution is 0.133. The SMILES string of the molecule is CNC1(C)CCCN(Cc2cccnc2)C1. The zero-order valence-electron chi connectivity index (χ0n) is 10.2. The van der Waals surface area contributed by atoms with Crippen molar-refractivity contribution in [3.05, 3.63) is 30.1 Å². The van der Waals surface area contributed by atoms with Crippen LogP contribution < -0.4 is 5.32 Å². The van der Waals surface area contributed by atoms with Gasteiger partial charge in [0.2, 0.25) is 0 Å². The van der Waals surface area contributed by atoms with E-state index in [4.69, 9.17) is 0 Å². The fraction of sp³-hybridized carbons (Fsp3) is 0.615. The summed E-state index contributed by atoms with van der Waals surface area (Å²) < 4.78 is 0. The maximum absolute atomic E-state index is 4.16. The van der Waals surface area contributed by atoms with E-state index in [9.17, 15) is 0 Å². The molecular formula is C13H21N3. The third kappa shape index (κ3) is 2.80. The fourth-order valence-electron chi connectivity index (χ4n) is 2.43. The zero-order valence-corrected chi connectivity index (χ0v) is 10.2. The first-order valence-corrected chi connectivity index (χ1v) is 6.02. The molecule has 88 valence electrons. The molecule has 1 aromatic heterocycles. The lowest BCUT2D eigenvalue weighted by atomic mass is 9.91. The summed E-state index contributed by atoms with van der Waals surface area (Å²) >= 11 is 0. The normalized spacial score (nSPS) is 26.9. The Morgan fingerprint density at radius 2 is 2.44 bits per heavy atom. The number of hydrogen-bond acceptors (Lipinski definition) is 3. The van der Waals surface area contributed by atoms with Crippen molar-refractivity contribution in [3.63, 3.8) is 0 Å². The van der Waals surface area contributed by atoms with E-state index >= 15 is 0 Å². The first kappa shape index (κ1) is 11.6. The van der Waals surface area contributed by atoms with Gasteiger partial charge in [0.25, 0.3) is 0 Å². The van der Waals surface area contributed by atoms with Crippen LogP contribution in [0.15, 0.2) is 24.5 Å². The summed E-state index contributed by atoms with van der Waals surface area (Å²) in [5, 5.41) is 3.44. The standard InChI is InChI=1S/C13H21N3/c1-13(14-2)6-4-8-16(11-13)10-12-5-3-7-15-9-12/h3,5,7,9,14H,4,6,8,10-11H2,1-2H3. The van der Waals surface area contributed by atoms with Gasteiger partial charge >= 0.3 is 0 Å². The summed E-state index contributed by atoms with van der Waals surface area (Å²) in [4.78, 5) is 6.68. The van der Waals surface area contributed by atoms with E-state index < -0.39 is 0 Å². The summed E-state index contributed by atoms with van der Waals surface area (Å²) in [5.41, 5.74) is 1.59. The van der Waals surface area contributed by atoms with Crippen molar-refractivity contribution in [1.82, 2.24) is 15.2 Å². The van der Waals surface area contributed by atoms with E-state index in [-0.39, 0.29) is 5.54 Å². The molecule has 16 heavy (non-hydrogen) atoms. The molecule has 2 rings (SSSR count). The van der Waals surface area contributed by atoms with Crippen LogP contribution in [-0.4, -0.2) is 35.6 Å². The molecule has 0 spiro atoms. The Bertz CT molecular complexity index is 325. The van der Waals surface area contributed by atoms with Gasteiger partial charge in [0.1, 0.15) is 0 Å². The van der Waals surface area contributed by atoms with Crippen molar-refractivity contribution < 1.29 is 0 Å². The smallest absolute Gasteiger partial charge is 0.0312 e. The summed E-state index contributed by atoms with van der Waals surface area (Å²) in [7, 11) is 2.06. The van der Waals surface area contributed by atoms with Crippen LogP contribution in [0.1, 0.15) is 25.3 Å². The number of hydrogen-bond donors (Lipinski definition) is 1. The Balaban J connectivity index is 1.96. The molecule has 1 aromatic rings. The monoisotopic (exact) mass is 219 g/mol. The highest BCUT2D eigenvalue weighted by Gasteiger charge is 2.28. The van der Waals surface area contributed by atoms with Crippen LogP contribution in [0.5, 0.6) is 0 Å². The number of likely N-dealkylation sites (N-methyl/N-ethyl adjacent to an activating group) is 1. The minimum absolute atomic E-state index is 0.278. The lowest BCUT2D eigenvalue weighted by Crippen LogP contribution is -2.53. The first-order valence-electron chi connectivity index (χ1n) is 6.02. The number of rotatable bonds is 3. The number of likely N-dealkylation sites (tertiary alicyclic amines) is 1. The van der Waals surface area contributed by atoms with Gasteiger partial charge < -0.3 is 5.32 Å². The van der Waals surface area contributed by atoms with Crippen molar-refractivity contribution in [2.24, 2.45) is 0 Å². The molecule has 3 nitrogen and oxygen atoms in total. The van der Waals surface area contributed by atoms with Crippen LogP contribution >= 0.6 is 0 Å². The Kier molecular flexibility index (Phi) is 3.56. The second-order valence-electron chi connectivity index (χ2n) is 4.99. The quantitative estimate of drug-likeness (QED) is 0.838. The predicted molar refractivity (Wildman–Crippen MR) is 66.2 cm³/mol. The molecule has 0 amide bonds. The topological polar surface area (TPSA) is 28.2 Å². The lowest BCUT2D eigenvalue weighted by Gasteiger charge is -2.40. The Morgan fingerprint density at radius 1 is 1.56 bits per heavy atom. The van der Waals surface area contributed by atoms with Gasteiger partial charge in [0, 0.05) is 31.0 Å². The molecule has 0 aromatic carbocycles. The van der Waals surface area contributed by atoms with Crippen molar-refractivity contribution >= 4 is 0 Å². The summed E-state index contributed by atoms with van der Waals surface area (Å²) in [6, 6.07) is 4.16. The molecule has 1 aliphatic heterocycles. The fourth-order valence-corrected chi connectivity index (χ4v) is 2.43. The van der Waals surface area contributed by atoms with Crippen molar-refractivity contribution in [2.45, 2.75) is 31.8 Å². The molecule has 0 bridgehead atoms. The molecule has 1 fully saturated rings. The van der Waals surface area contributed by atoms with Crippen molar-refractivity contribution in [2.75, 3.05) is 20.1 Å². The molecule has 0 saturated carbocycles. The Morgan fingerprint density at radius 3 is 3.12 bits per heavy atom. The third-order valence-corrected chi connectivity index (χ3v) is 3.51. The highest BCUT2D eigenvalue weighted by Crippen LogP contribution is 2.21. The largest absolute Gasteiger partial charge is 0.313 e. The molecule has 1 N–H and O–H groups in total. The van der Waals surface area contributed by atoms with Crippen molar-refractivity contribution in [1.29, 1.82) is 0 Å². The van der Waals surface area contributed by atoms with Crippen LogP contribution in [0.4, 0.5) is 0 Å². The summed E-state index contributed by atoms with van der Waals surface area (Å²) in [6.45, 7) is 5.65. The van der Waals surface area contributed by atoms with Gasteiger partial charge in [0.05, 0.1) is 0 Å². The average Bonchev–Trinajstić information content (AvgIpc) is 2.30. The van der Waals surface area contributed by atoms with E-state index in [1.807, 2.05) is 18.5 Å². The Labute approximate surface area is 97.9 Å². The molecule has 1 saturated heterocycles. The van der Waals surface area contributed by atoms with Crippen LogP contribution in [0.3, 0.4) is 0 Å². The number of nitrogens with zero attached hydrogens (tertiary/aromatic N) is 2. The average molecular weight is 219 g/mol. The molecule has 1 unspecified atom stereocenters. The number of piperidine rings is 1. The van der Waals surface area contributed by atoms with Crippen LogP contribution in [0.2, 0.25) is 0 Å². The van der Waals surface area contributed by atoms with Crippen molar-refractivity contribution in [3.8, 4) is 0 Å². The van der Waals surface area contributed by atoms with Gasteiger partial charge in [-0.05, 0) is 45.0 Å². The zero-order chi connectivity index (χ0) is 11.4. The highest BCUT2D eigenvalue weighted by atomic mass is 15.2. The molecular weight excluding hydrogens is 198 g/mol. The molecule has 1 aliphatic rings. The number of nitrogens with one attached hydrogen (secondary N) is 1. The van der Waals surface area contributed by atoms with Gasteiger partial charge in [-0.15, -0.1) is 0 Å². The summed E-state index contributed by atoms with van der Waals surface area (Å²) in [6.07, 6.45) is 6.34. The minimum Gasteiger partial charge on any atom is -0.313 e. The maximum atomic E-state index is 4.16. The van der Waals surface area contributed by atoms with E-state index in [0.717, 1.165) is 13.1 Å². The van der Waals surface area contributed by atoms with E-state index in [0.29, 0.717) is 0 Å². The molecule has 3 heteroatoms. The second-order valence-corrected chi connectivity index (χ2v) is 4.99.